The number of nitrogens with one attached hydrogen (secondary N) is 1. The third-order valence-corrected chi connectivity index (χ3v) is 3.23. The van der Waals surface area contributed by atoms with Crippen LogP contribution in [-0.2, 0) is 4.79 Å². The summed E-state index contributed by atoms with van der Waals surface area (Å²) in [6, 6.07) is 14.6. The van der Waals surface area contributed by atoms with E-state index in [1.165, 1.54) is 24.3 Å². The Morgan fingerprint density at radius 1 is 1.24 bits per heavy atom. The summed E-state index contributed by atoms with van der Waals surface area (Å²) in [5.74, 6) is -1.01. The molecule has 0 spiro atoms. The van der Waals surface area contributed by atoms with E-state index < -0.39 is 11.9 Å². The summed E-state index contributed by atoms with van der Waals surface area (Å²) in [4.78, 5) is 23.2. The molecule has 0 saturated carbocycles. The second-order valence-corrected chi connectivity index (χ2v) is 5.01. The van der Waals surface area contributed by atoms with Gasteiger partial charge in [0, 0.05) is 5.69 Å². The van der Waals surface area contributed by atoms with Gasteiger partial charge in [-0.2, -0.15) is 5.26 Å². The van der Waals surface area contributed by atoms with Gasteiger partial charge < -0.3 is 15.2 Å². The third kappa shape index (κ3) is 4.94. The lowest BCUT2D eigenvalue weighted by molar-refractivity contribution is -0.112. The lowest BCUT2D eigenvalue weighted by Crippen LogP contribution is -2.13. The number of anilines is 1. The van der Waals surface area contributed by atoms with E-state index in [9.17, 15) is 14.9 Å². The molecule has 0 radical (unpaired) electrons. The van der Waals surface area contributed by atoms with E-state index in [-0.39, 0.29) is 11.1 Å². The van der Waals surface area contributed by atoms with Crippen molar-refractivity contribution >= 4 is 23.6 Å². The van der Waals surface area contributed by atoms with E-state index in [4.69, 9.17) is 9.84 Å². The lowest BCUT2D eigenvalue weighted by Gasteiger charge is -2.06. The molecule has 126 valence electrons. The van der Waals surface area contributed by atoms with Gasteiger partial charge in [0.15, 0.2) is 0 Å². The summed E-state index contributed by atoms with van der Waals surface area (Å²) in [7, 11) is 0. The average Bonchev–Trinajstić information content (AvgIpc) is 2.61. The summed E-state index contributed by atoms with van der Waals surface area (Å²) >= 11 is 0. The van der Waals surface area contributed by atoms with E-state index in [1.54, 1.807) is 30.3 Å². The number of rotatable bonds is 6. The molecule has 25 heavy (non-hydrogen) atoms. The molecule has 0 bridgehead atoms. The van der Waals surface area contributed by atoms with Crippen LogP contribution in [0.4, 0.5) is 5.69 Å². The maximum absolute atomic E-state index is 12.2. The predicted molar refractivity (Wildman–Crippen MR) is 93.2 cm³/mol. The summed E-state index contributed by atoms with van der Waals surface area (Å²) in [6.45, 7) is 2.43. The van der Waals surface area contributed by atoms with Crippen LogP contribution in [0.15, 0.2) is 54.1 Å². The van der Waals surface area contributed by atoms with Crippen LogP contribution < -0.4 is 10.1 Å². The highest BCUT2D eigenvalue weighted by molar-refractivity contribution is 6.10. The van der Waals surface area contributed by atoms with Gasteiger partial charge in [-0.1, -0.05) is 18.2 Å². The highest BCUT2D eigenvalue weighted by atomic mass is 16.5. The fourth-order valence-electron chi connectivity index (χ4n) is 2.07. The molecule has 0 aliphatic heterocycles. The molecule has 2 rings (SSSR count). The molecule has 0 heterocycles. The van der Waals surface area contributed by atoms with Crippen molar-refractivity contribution in [1.29, 1.82) is 5.26 Å². The Bertz CT molecular complexity index is 848. The van der Waals surface area contributed by atoms with Crippen molar-refractivity contribution in [3.05, 3.63) is 65.2 Å². The molecule has 0 saturated heterocycles. The largest absolute Gasteiger partial charge is 0.494 e. The molecular formula is C19H16N2O4. The van der Waals surface area contributed by atoms with E-state index in [2.05, 4.69) is 5.32 Å². The minimum absolute atomic E-state index is 0.0480. The molecule has 0 aliphatic rings. The molecule has 0 fully saturated rings. The van der Waals surface area contributed by atoms with Gasteiger partial charge >= 0.3 is 5.97 Å². The number of amides is 1. The van der Waals surface area contributed by atoms with E-state index in [0.717, 1.165) is 0 Å². The van der Waals surface area contributed by atoms with Gasteiger partial charge in [-0.25, -0.2) is 4.79 Å². The Labute approximate surface area is 145 Å². The Kier molecular flexibility index (Phi) is 5.91. The highest BCUT2D eigenvalue weighted by Gasteiger charge is 2.11. The van der Waals surface area contributed by atoms with Crippen LogP contribution in [0.1, 0.15) is 22.8 Å². The number of nitrogens with zero attached hydrogens (tertiary/aromatic N) is 1. The number of hydrogen-bond donors (Lipinski definition) is 2. The maximum atomic E-state index is 12.2. The van der Waals surface area contributed by atoms with E-state index in [0.29, 0.717) is 23.6 Å². The number of carbonyl (C=O) groups excluding carboxylic acids is 1. The second-order valence-electron chi connectivity index (χ2n) is 5.01. The SMILES string of the molecule is CCOc1ccc(/C=C(/C#N)C(=O)Nc2cccc(C(=O)O)c2)cc1. The zero-order valence-electron chi connectivity index (χ0n) is 13.5. The highest BCUT2D eigenvalue weighted by Crippen LogP contribution is 2.16. The molecule has 2 N–H and O–H groups in total. The number of hydrogen-bond acceptors (Lipinski definition) is 4. The quantitative estimate of drug-likeness (QED) is 0.622. The van der Waals surface area contributed by atoms with Gasteiger partial charge in [-0.15, -0.1) is 0 Å². The van der Waals surface area contributed by atoms with Crippen LogP contribution in [-0.4, -0.2) is 23.6 Å². The number of carbonyl (C=O) groups is 2. The van der Waals surface area contributed by atoms with Gasteiger partial charge in [-0.3, -0.25) is 4.79 Å². The standard InChI is InChI=1S/C19H16N2O4/c1-2-25-17-8-6-13(7-9-17)10-15(12-20)18(22)21-16-5-3-4-14(11-16)19(23)24/h3-11H,2H2,1H3,(H,21,22)(H,23,24)/b15-10-. The van der Waals surface area contributed by atoms with Crippen molar-refractivity contribution < 1.29 is 19.4 Å². The van der Waals surface area contributed by atoms with Crippen molar-refractivity contribution in [2.45, 2.75) is 6.92 Å². The monoisotopic (exact) mass is 336 g/mol. The second kappa shape index (κ2) is 8.31. The molecule has 0 aliphatic carbocycles. The first-order chi connectivity index (χ1) is 12.0. The van der Waals surface area contributed by atoms with Gasteiger partial charge in [0.2, 0.25) is 0 Å². The van der Waals surface area contributed by atoms with Crippen molar-refractivity contribution in [3.63, 3.8) is 0 Å². The van der Waals surface area contributed by atoms with Crippen LogP contribution >= 0.6 is 0 Å². The van der Waals surface area contributed by atoms with Crippen LogP contribution in [0.25, 0.3) is 6.08 Å². The first-order valence-corrected chi connectivity index (χ1v) is 7.53. The van der Waals surface area contributed by atoms with Crippen molar-refractivity contribution in [1.82, 2.24) is 0 Å². The summed E-state index contributed by atoms with van der Waals surface area (Å²) in [5, 5.41) is 20.7. The Hall–Kier alpha value is -3.59. The van der Waals surface area contributed by atoms with Crippen LogP contribution in [0, 0.1) is 11.3 Å². The number of aromatic carboxylic acids is 1. The fourth-order valence-corrected chi connectivity index (χ4v) is 2.07. The molecule has 0 atom stereocenters. The zero-order chi connectivity index (χ0) is 18.2. The van der Waals surface area contributed by atoms with E-state index in [1.807, 2.05) is 13.0 Å². The summed E-state index contributed by atoms with van der Waals surface area (Å²) < 4.78 is 5.34. The molecule has 6 nitrogen and oxygen atoms in total. The average molecular weight is 336 g/mol. The summed E-state index contributed by atoms with van der Waals surface area (Å²) in [6.07, 6.45) is 1.45. The number of nitriles is 1. The van der Waals surface area contributed by atoms with Crippen LogP contribution in [0.3, 0.4) is 0 Å². The van der Waals surface area contributed by atoms with Gasteiger partial charge in [-0.05, 0) is 48.9 Å². The minimum Gasteiger partial charge on any atom is -0.494 e. The minimum atomic E-state index is -1.10. The number of benzene rings is 2. The summed E-state index contributed by atoms with van der Waals surface area (Å²) in [5.41, 5.74) is 0.934. The molecule has 2 aromatic carbocycles. The predicted octanol–water partition coefficient (Wildman–Crippen LogP) is 3.33. The molecule has 6 heteroatoms. The van der Waals surface area contributed by atoms with Gasteiger partial charge in [0.25, 0.3) is 5.91 Å². The lowest BCUT2D eigenvalue weighted by atomic mass is 10.1. The first-order valence-electron chi connectivity index (χ1n) is 7.53. The first kappa shape index (κ1) is 17.8. The molecule has 0 unspecified atom stereocenters. The number of ether oxygens (including phenoxy) is 1. The van der Waals surface area contributed by atoms with Crippen LogP contribution in [0.2, 0.25) is 0 Å². The van der Waals surface area contributed by atoms with Crippen LogP contribution in [0.5, 0.6) is 5.75 Å². The molecule has 2 aromatic rings. The molecular weight excluding hydrogens is 320 g/mol. The Balaban J connectivity index is 2.16. The smallest absolute Gasteiger partial charge is 0.335 e. The molecule has 0 aromatic heterocycles. The topological polar surface area (TPSA) is 99.4 Å². The Morgan fingerprint density at radius 2 is 1.96 bits per heavy atom. The fraction of sp³-hybridized carbons (Fsp3) is 0.105. The third-order valence-electron chi connectivity index (χ3n) is 3.23. The van der Waals surface area contributed by atoms with Gasteiger partial charge in [0.05, 0.1) is 12.2 Å². The van der Waals surface area contributed by atoms with Gasteiger partial charge in [0.1, 0.15) is 17.4 Å². The normalized spacial score (nSPS) is 10.6. The number of carboxylic acid groups (broad SMARTS) is 1. The number of carboxylic acids is 1. The molecule has 1 amide bonds. The van der Waals surface area contributed by atoms with E-state index >= 15 is 0 Å². The maximum Gasteiger partial charge on any atom is 0.335 e. The van der Waals surface area contributed by atoms with Crippen molar-refractivity contribution in [2.75, 3.05) is 11.9 Å². The zero-order valence-corrected chi connectivity index (χ0v) is 13.5. The Morgan fingerprint density at radius 3 is 2.56 bits per heavy atom. The van der Waals surface area contributed by atoms with Crippen molar-refractivity contribution in [3.8, 4) is 11.8 Å². The van der Waals surface area contributed by atoms with Crippen molar-refractivity contribution in [2.24, 2.45) is 0 Å².